The van der Waals surface area contributed by atoms with E-state index in [1.807, 2.05) is 30.3 Å². The van der Waals surface area contributed by atoms with Crippen LogP contribution >= 0.6 is 21.6 Å². The summed E-state index contributed by atoms with van der Waals surface area (Å²) in [5.74, 6) is -3.04. The van der Waals surface area contributed by atoms with Gasteiger partial charge in [0.25, 0.3) is 5.91 Å². The molecule has 7 N–H and O–H groups in total. The van der Waals surface area contributed by atoms with Crippen molar-refractivity contribution in [2.75, 3.05) is 13.2 Å². The standard InChI is InChI=1S/C34H45N5O8S2/c1-7-46-32(45)28-34(5,6)49-48-33(3,4)27(38-29(42)24(35)17-22-13-15-23(16-14-22)47-20(2)40)31(44)36-19-26(41)37-25(30(43)39-28)18-21-11-9-8-10-12-21/h8-16,24-25,27-28H,7,17-19,35H2,1-6H3,(H,36,44)(H,37,41)(H,38,42)(H,39,43)/p+1. The first kappa shape index (κ1) is 39.4. The maximum Gasteiger partial charge on any atom is 0.330 e. The Morgan fingerprint density at radius 3 is 2.16 bits per heavy atom. The molecule has 0 radical (unpaired) electrons. The summed E-state index contributed by atoms with van der Waals surface area (Å²) in [5, 5.41) is 11.0. The molecule has 0 saturated carbocycles. The van der Waals surface area contributed by atoms with Gasteiger partial charge in [0.05, 0.1) is 17.9 Å². The highest BCUT2D eigenvalue weighted by Crippen LogP contribution is 2.46. The van der Waals surface area contributed by atoms with Crippen LogP contribution in [0.3, 0.4) is 0 Å². The monoisotopic (exact) mass is 716 g/mol. The summed E-state index contributed by atoms with van der Waals surface area (Å²) in [6.07, 6.45) is 0.370. The van der Waals surface area contributed by atoms with Gasteiger partial charge in [-0.2, -0.15) is 0 Å². The first-order valence-corrected chi connectivity index (χ1v) is 18.0. The largest absolute Gasteiger partial charge is 0.464 e. The second-order valence-corrected chi connectivity index (χ2v) is 16.1. The fourth-order valence-electron chi connectivity index (χ4n) is 4.92. The van der Waals surface area contributed by atoms with Gasteiger partial charge in [0, 0.05) is 24.5 Å². The number of ether oxygens (including phenoxy) is 2. The zero-order valence-electron chi connectivity index (χ0n) is 28.6. The van der Waals surface area contributed by atoms with E-state index in [-0.39, 0.29) is 19.4 Å². The van der Waals surface area contributed by atoms with Crippen molar-refractivity contribution in [2.45, 2.75) is 88.0 Å². The van der Waals surface area contributed by atoms with E-state index >= 15 is 0 Å². The van der Waals surface area contributed by atoms with E-state index in [2.05, 4.69) is 27.0 Å². The van der Waals surface area contributed by atoms with Crippen LogP contribution in [0.1, 0.15) is 52.7 Å². The quantitative estimate of drug-likeness (QED) is 0.142. The Morgan fingerprint density at radius 2 is 1.55 bits per heavy atom. The van der Waals surface area contributed by atoms with Crippen molar-refractivity contribution in [1.29, 1.82) is 0 Å². The van der Waals surface area contributed by atoms with E-state index in [0.717, 1.165) is 11.1 Å². The van der Waals surface area contributed by atoms with E-state index in [1.165, 1.54) is 28.5 Å². The van der Waals surface area contributed by atoms with Crippen molar-refractivity contribution in [3.8, 4) is 5.75 Å². The van der Waals surface area contributed by atoms with Gasteiger partial charge in [0.2, 0.25) is 17.7 Å². The van der Waals surface area contributed by atoms with E-state index in [4.69, 9.17) is 9.47 Å². The summed E-state index contributed by atoms with van der Waals surface area (Å²) >= 11 is 0. The van der Waals surface area contributed by atoms with Gasteiger partial charge in [-0.15, -0.1) is 0 Å². The Balaban J connectivity index is 1.88. The Kier molecular flexibility index (Phi) is 14.1. The summed E-state index contributed by atoms with van der Waals surface area (Å²) in [7, 11) is 2.51. The Labute approximate surface area is 294 Å². The van der Waals surface area contributed by atoms with Gasteiger partial charge in [-0.3, -0.25) is 24.0 Å². The molecule has 2 aromatic rings. The van der Waals surface area contributed by atoms with Crippen LogP contribution in [0.25, 0.3) is 0 Å². The lowest BCUT2D eigenvalue weighted by molar-refractivity contribution is -0.403. The number of rotatable bonds is 9. The molecule has 1 heterocycles. The van der Waals surface area contributed by atoms with Gasteiger partial charge < -0.3 is 36.5 Å². The SMILES string of the molecule is CCOC(=O)C1NC(=O)C(Cc2ccccc2)NC(=O)CNC(=O)C(NC(=O)C([NH3+])Cc2ccc(OC(C)=O)cc2)C(C)(C)SSC1(C)C. The number of carbonyl (C=O) groups is 6. The minimum Gasteiger partial charge on any atom is -0.464 e. The fraction of sp³-hybridized carbons (Fsp3) is 0.471. The maximum atomic E-state index is 13.7. The molecule has 13 nitrogen and oxygen atoms in total. The molecule has 2 aromatic carbocycles. The molecule has 4 amide bonds. The Bertz CT molecular complexity index is 1500. The van der Waals surface area contributed by atoms with Crippen molar-refractivity contribution >= 4 is 57.2 Å². The zero-order chi connectivity index (χ0) is 36.4. The lowest BCUT2D eigenvalue weighted by atomic mass is 10.00. The third-order valence-electron chi connectivity index (χ3n) is 7.61. The first-order valence-electron chi connectivity index (χ1n) is 15.9. The average molecular weight is 717 g/mol. The number of nitrogens with one attached hydrogen (secondary N) is 4. The van der Waals surface area contributed by atoms with Crippen molar-refractivity contribution in [2.24, 2.45) is 0 Å². The molecule has 4 atom stereocenters. The summed E-state index contributed by atoms with van der Waals surface area (Å²) in [6.45, 7) is 9.65. The van der Waals surface area contributed by atoms with Gasteiger partial charge in [-0.1, -0.05) is 64.1 Å². The number of benzene rings is 2. The molecule has 0 aromatic heterocycles. The summed E-state index contributed by atoms with van der Waals surface area (Å²) in [6, 6.07) is 11.6. The molecule has 0 bridgehead atoms. The van der Waals surface area contributed by atoms with Crippen molar-refractivity contribution in [3.05, 3.63) is 65.7 Å². The first-order chi connectivity index (χ1) is 23.0. The fourth-order valence-corrected chi connectivity index (χ4v) is 7.73. The lowest BCUT2D eigenvalue weighted by Gasteiger charge is -2.38. The molecular weight excluding hydrogens is 671 g/mol. The number of amides is 4. The third kappa shape index (κ3) is 11.8. The number of hydrogen-bond acceptors (Lipinski definition) is 10. The molecule has 49 heavy (non-hydrogen) atoms. The predicted octanol–water partition coefficient (Wildman–Crippen LogP) is 1.09. The van der Waals surface area contributed by atoms with Gasteiger partial charge in [0.1, 0.15) is 23.9 Å². The molecule has 266 valence electrons. The average Bonchev–Trinajstić information content (AvgIpc) is 3.04. The zero-order valence-corrected chi connectivity index (χ0v) is 30.3. The minimum atomic E-state index is -1.13. The molecule has 0 spiro atoms. The molecule has 1 aliphatic rings. The molecular formula is C34H46N5O8S2+. The van der Waals surface area contributed by atoms with Crippen LogP contribution in [0.2, 0.25) is 0 Å². The second kappa shape index (κ2) is 17.5. The van der Waals surface area contributed by atoms with Gasteiger partial charge in [-0.25, -0.2) is 4.79 Å². The van der Waals surface area contributed by atoms with Crippen LogP contribution in [0.15, 0.2) is 54.6 Å². The van der Waals surface area contributed by atoms with Gasteiger partial charge in [-0.05, 0) is 57.9 Å². The van der Waals surface area contributed by atoms with Crippen LogP contribution in [-0.2, 0) is 46.3 Å². The normalized spacial score (nSPS) is 21.9. The second-order valence-electron chi connectivity index (χ2n) is 12.7. The highest BCUT2D eigenvalue weighted by Gasteiger charge is 2.45. The smallest absolute Gasteiger partial charge is 0.330 e. The van der Waals surface area contributed by atoms with Crippen LogP contribution in [-0.4, -0.2) is 82.4 Å². The van der Waals surface area contributed by atoms with Crippen LogP contribution in [0, 0.1) is 0 Å². The molecule has 1 aliphatic heterocycles. The van der Waals surface area contributed by atoms with E-state index in [9.17, 15) is 28.8 Å². The summed E-state index contributed by atoms with van der Waals surface area (Å²) < 4.78 is 8.43. The molecule has 15 heteroatoms. The van der Waals surface area contributed by atoms with Crippen LogP contribution in [0.4, 0.5) is 0 Å². The van der Waals surface area contributed by atoms with E-state index in [0.29, 0.717) is 5.75 Å². The predicted molar refractivity (Wildman–Crippen MR) is 187 cm³/mol. The highest BCUT2D eigenvalue weighted by molar-refractivity contribution is 8.77. The summed E-state index contributed by atoms with van der Waals surface area (Å²) in [4.78, 5) is 78.4. The molecule has 4 unspecified atom stereocenters. The molecule has 0 aliphatic carbocycles. The van der Waals surface area contributed by atoms with Crippen molar-refractivity contribution < 1.29 is 44.0 Å². The number of quaternary nitrogens is 1. The van der Waals surface area contributed by atoms with Crippen molar-refractivity contribution in [3.63, 3.8) is 0 Å². The molecule has 1 saturated heterocycles. The number of carbonyl (C=O) groups excluding carboxylic acids is 6. The van der Waals surface area contributed by atoms with Crippen molar-refractivity contribution in [1.82, 2.24) is 21.3 Å². The maximum absolute atomic E-state index is 13.7. The van der Waals surface area contributed by atoms with E-state index < -0.39 is 75.8 Å². The van der Waals surface area contributed by atoms with Crippen LogP contribution < -0.4 is 31.7 Å². The molecule has 3 rings (SSSR count). The topological polar surface area (TPSA) is 197 Å². The Hall–Kier alpha value is -4.08. The van der Waals surface area contributed by atoms with Crippen LogP contribution in [0.5, 0.6) is 5.75 Å². The van der Waals surface area contributed by atoms with Gasteiger partial charge in [0.15, 0.2) is 6.04 Å². The number of esters is 2. The Morgan fingerprint density at radius 1 is 0.918 bits per heavy atom. The lowest BCUT2D eigenvalue weighted by Crippen LogP contribution is -2.71. The highest BCUT2D eigenvalue weighted by atomic mass is 33.1. The molecule has 1 fully saturated rings. The minimum absolute atomic E-state index is 0.0889. The summed E-state index contributed by atoms with van der Waals surface area (Å²) in [5.41, 5.74) is 5.54. The number of hydrogen-bond donors (Lipinski definition) is 5. The van der Waals surface area contributed by atoms with Gasteiger partial charge >= 0.3 is 11.9 Å². The third-order valence-corrected chi connectivity index (χ3v) is 11.9. The van der Waals surface area contributed by atoms with E-state index in [1.54, 1.807) is 58.9 Å².